The summed E-state index contributed by atoms with van der Waals surface area (Å²) in [5.41, 5.74) is 2.17. The first-order chi connectivity index (χ1) is 13.3. The minimum absolute atomic E-state index is 0.0221. The highest BCUT2D eigenvalue weighted by atomic mass is 32.2. The molecule has 0 radical (unpaired) electrons. The van der Waals surface area contributed by atoms with Crippen molar-refractivity contribution in [2.75, 3.05) is 20.1 Å². The molecule has 0 aliphatic carbocycles. The van der Waals surface area contributed by atoms with Crippen molar-refractivity contribution in [2.24, 2.45) is 10.1 Å². The average Bonchev–Trinajstić information content (AvgIpc) is 2.64. The number of sulfonamides is 1. The van der Waals surface area contributed by atoms with E-state index in [0.717, 1.165) is 23.3 Å². The van der Waals surface area contributed by atoms with Gasteiger partial charge in [0.25, 0.3) is 0 Å². The van der Waals surface area contributed by atoms with Crippen LogP contribution in [-0.4, -0.2) is 40.6 Å². The van der Waals surface area contributed by atoms with Crippen molar-refractivity contribution in [3.63, 3.8) is 0 Å². The van der Waals surface area contributed by atoms with E-state index < -0.39 is 10.0 Å². The van der Waals surface area contributed by atoms with Gasteiger partial charge >= 0.3 is 0 Å². The summed E-state index contributed by atoms with van der Waals surface area (Å²) in [7, 11) is -1.94. The number of aliphatic imine (C=N–C) groups is 1. The van der Waals surface area contributed by atoms with Crippen molar-refractivity contribution in [1.29, 1.82) is 0 Å². The molecule has 1 atom stereocenters. The van der Waals surface area contributed by atoms with Crippen molar-refractivity contribution < 1.29 is 13.2 Å². The van der Waals surface area contributed by atoms with Gasteiger partial charge in [0.15, 0.2) is 5.96 Å². The fourth-order valence-corrected chi connectivity index (χ4v) is 3.11. The lowest BCUT2D eigenvalue weighted by Crippen LogP contribution is -2.42. The molecule has 0 amide bonds. The fourth-order valence-electron chi connectivity index (χ4n) is 2.59. The van der Waals surface area contributed by atoms with E-state index >= 15 is 0 Å². The number of nitrogens with zero attached hydrogens (tertiary/aromatic N) is 1. The molecular weight excluding hydrogens is 376 g/mol. The number of hydrogen-bond donors (Lipinski definition) is 3. The van der Waals surface area contributed by atoms with Crippen LogP contribution in [-0.2, 0) is 16.4 Å². The Balaban J connectivity index is 1.75. The predicted octanol–water partition coefficient (Wildman–Crippen LogP) is 1.82. The molecule has 8 heteroatoms. The molecular formula is C20H28N4O3S. The van der Waals surface area contributed by atoms with Crippen molar-refractivity contribution in [3.05, 3.63) is 59.7 Å². The summed E-state index contributed by atoms with van der Waals surface area (Å²) < 4.78 is 28.5. The van der Waals surface area contributed by atoms with Crippen LogP contribution in [0, 0.1) is 6.92 Å². The molecule has 2 rings (SSSR count). The summed E-state index contributed by atoms with van der Waals surface area (Å²) in [5, 5.41) is 11.6. The molecule has 0 spiro atoms. The van der Waals surface area contributed by atoms with E-state index in [1.165, 1.54) is 12.1 Å². The molecule has 0 aromatic heterocycles. The fraction of sp³-hybridized carbons (Fsp3) is 0.350. The van der Waals surface area contributed by atoms with Gasteiger partial charge in [0.1, 0.15) is 11.9 Å². The summed E-state index contributed by atoms with van der Waals surface area (Å²) >= 11 is 0. The first kappa shape index (κ1) is 21.7. The average molecular weight is 405 g/mol. The van der Waals surface area contributed by atoms with E-state index in [4.69, 9.17) is 9.88 Å². The Morgan fingerprint density at radius 2 is 1.89 bits per heavy atom. The number of primary sulfonamides is 1. The lowest BCUT2D eigenvalue weighted by molar-refractivity contribution is 0.223. The summed E-state index contributed by atoms with van der Waals surface area (Å²) in [4.78, 5) is 4.32. The quantitative estimate of drug-likeness (QED) is 0.460. The highest BCUT2D eigenvalue weighted by Gasteiger charge is 2.08. The number of aryl methyl sites for hydroxylation is 1. The van der Waals surface area contributed by atoms with Gasteiger partial charge < -0.3 is 15.4 Å². The van der Waals surface area contributed by atoms with Crippen LogP contribution in [0.4, 0.5) is 0 Å². The van der Waals surface area contributed by atoms with Crippen LogP contribution in [0.2, 0.25) is 0 Å². The summed E-state index contributed by atoms with van der Waals surface area (Å²) in [5.74, 6) is 1.53. The molecule has 0 bridgehead atoms. The summed E-state index contributed by atoms with van der Waals surface area (Å²) in [6.45, 7) is 5.29. The van der Waals surface area contributed by atoms with E-state index in [2.05, 4.69) is 15.6 Å². The molecule has 7 nitrogen and oxygen atoms in total. The molecule has 2 aromatic rings. The second-order valence-corrected chi connectivity index (χ2v) is 8.13. The Morgan fingerprint density at radius 3 is 2.50 bits per heavy atom. The maximum absolute atomic E-state index is 11.3. The van der Waals surface area contributed by atoms with Crippen molar-refractivity contribution in [3.8, 4) is 5.75 Å². The number of hydrogen-bond acceptors (Lipinski definition) is 4. The van der Waals surface area contributed by atoms with E-state index in [-0.39, 0.29) is 11.0 Å². The molecule has 0 saturated carbocycles. The second kappa shape index (κ2) is 10.1. The molecule has 4 N–H and O–H groups in total. The third kappa shape index (κ3) is 7.21. The number of guanidine groups is 1. The zero-order valence-corrected chi connectivity index (χ0v) is 17.3. The third-order valence-corrected chi connectivity index (χ3v) is 4.99. The Morgan fingerprint density at radius 1 is 1.18 bits per heavy atom. The third-order valence-electron chi connectivity index (χ3n) is 4.07. The van der Waals surface area contributed by atoms with Gasteiger partial charge in [0.2, 0.25) is 10.0 Å². The van der Waals surface area contributed by atoms with Gasteiger partial charge in [-0.05, 0) is 55.7 Å². The number of nitrogens with one attached hydrogen (secondary N) is 2. The lowest BCUT2D eigenvalue weighted by Gasteiger charge is -2.18. The largest absolute Gasteiger partial charge is 0.489 e. The van der Waals surface area contributed by atoms with Crippen LogP contribution in [0.1, 0.15) is 18.1 Å². The monoisotopic (exact) mass is 404 g/mol. The lowest BCUT2D eigenvalue weighted by atomic mass is 10.1. The van der Waals surface area contributed by atoms with Crippen molar-refractivity contribution in [1.82, 2.24) is 10.6 Å². The molecule has 0 aliphatic rings. The normalized spacial score (nSPS) is 13.1. The predicted molar refractivity (Wildman–Crippen MR) is 112 cm³/mol. The molecule has 0 fully saturated rings. The van der Waals surface area contributed by atoms with Gasteiger partial charge in [-0.25, -0.2) is 13.6 Å². The van der Waals surface area contributed by atoms with Gasteiger partial charge in [0, 0.05) is 13.6 Å². The van der Waals surface area contributed by atoms with Crippen molar-refractivity contribution >= 4 is 16.0 Å². The standard InChI is InChI=1S/C20H28N4O3S/c1-15-5-4-6-18(13-15)27-16(2)14-24-20(22-3)23-12-11-17-7-9-19(10-8-17)28(21,25)26/h4-10,13,16H,11-12,14H2,1-3H3,(H2,21,25,26)(H2,22,23,24). The van der Waals surface area contributed by atoms with Crippen LogP contribution < -0.4 is 20.5 Å². The maximum Gasteiger partial charge on any atom is 0.238 e. The van der Waals surface area contributed by atoms with Crippen molar-refractivity contribution in [2.45, 2.75) is 31.3 Å². The summed E-state index contributed by atoms with van der Waals surface area (Å²) in [6.07, 6.45) is 0.701. The zero-order valence-electron chi connectivity index (χ0n) is 16.5. The van der Waals surface area contributed by atoms with Gasteiger partial charge in [-0.3, -0.25) is 4.99 Å². The minimum atomic E-state index is -3.65. The molecule has 0 saturated heterocycles. The number of nitrogens with two attached hydrogens (primary N) is 1. The molecule has 0 heterocycles. The molecule has 28 heavy (non-hydrogen) atoms. The van der Waals surface area contributed by atoms with Crippen LogP contribution in [0.3, 0.4) is 0 Å². The van der Waals surface area contributed by atoms with Crippen LogP contribution in [0.15, 0.2) is 58.4 Å². The number of rotatable bonds is 8. The van der Waals surface area contributed by atoms with Crippen LogP contribution in [0.25, 0.3) is 0 Å². The molecule has 1 unspecified atom stereocenters. The number of benzene rings is 2. The van der Waals surface area contributed by atoms with E-state index in [1.807, 2.05) is 38.1 Å². The highest BCUT2D eigenvalue weighted by molar-refractivity contribution is 7.89. The summed E-state index contributed by atoms with van der Waals surface area (Å²) in [6, 6.07) is 14.5. The molecule has 0 aliphatic heterocycles. The first-order valence-corrected chi connectivity index (χ1v) is 10.6. The molecule has 2 aromatic carbocycles. The van der Waals surface area contributed by atoms with Gasteiger partial charge in [-0.2, -0.15) is 0 Å². The SMILES string of the molecule is CN=C(NCCc1ccc(S(N)(=O)=O)cc1)NCC(C)Oc1cccc(C)c1. The second-order valence-electron chi connectivity index (χ2n) is 6.56. The minimum Gasteiger partial charge on any atom is -0.489 e. The Labute approximate surface area is 167 Å². The van der Waals surface area contributed by atoms with E-state index in [9.17, 15) is 8.42 Å². The Hall–Kier alpha value is -2.58. The number of ether oxygens (including phenoxy) is 1. The van der Waals surface area contributed by atoms with Crippen LogP contribution >= 0.6 is 0 Å². The van der Waals surface area contributed by atoms with E-state index in [1.54, 1.807) is 19.2 Å². The molecule has 152 valence electrons. The maximum atomic E-state index is 11.3. The topological polar surface area (TPSA) is 106 Å². The highest BCUT2D eigenvalue weighted by Crippen LogP contribution is 2.13. The Kier molecular flexibility index (Phi) is 7.83. The Bertz CT molecular complexity index is 896. The van der Waals surface area contributed by atoms with E-state index in [0.29, 0.717) is 19.0 Å². The smallest absolute Gasteiger partial charge is 0.238 e. The van der Waals surface area contributed by atoms with Crippen LogP contribution in [0.5, 0.6) is 5.75 Å². The van der Waals surface area contributed by atoms with Gasteiger partial charge in [-0.15, -0.1) is 0 Å². The first-order valence-electron chi connectivity index (χ1n) is 9.07. The van der Waals surface area contributed by atoms with Gasteiger partial charge in [0.05, 0.1) is 11.4 Å². The zero-order chi connectivity index (χ0) is 20.6. The van der Waals surface area contributed by atoms with Gasteiger partial charge in [-0.1, -0.05) is 24.3 Å².